The number of morpholine rings is 1. The standard InChI is InChI=1S/C14H24N4O/c1-15-11-13-3-4-14(17-12-13)16-5-2-6-18-7-9-19-10-8-18/h3-4,12,15H,2,5-11H2,1H3,(H,16,17). The molecule has 0 radical (unpaired) electrons. The van der Waals surface area contributed by atoms with E-state index in [1.165, 1.54) is 5.56 Å². The minimum Gasteiger partial charge on any atom is -0.379 e. The molecule has 0 spiro atoms. The third-order valence-corrected chi connectivity index (χ3v) is 3.27. The van der Waals surface area contributed by atoms with Crippen LogP contribution in [0.2, 0.25) is 0 Å². The zero-order valence-electron chi connectivity index (χ0n) is 11.7. The lowest BCUT2D eigenvalue weighted by atomic mass is 10.3. The summed E-state index contributed by atoms with van der Waals surface area (Å²) in [4.78, 5) is 6.85. The summed E-state index contributed by atoms with van der Waals surface area (Å²) in [5.74, 6) is 0.960. The van der Waals surface area contributed by atoms with Gasteiger partial charge in [0.05, 0.1) is 13.2 Å². The molecule has 5 nitrogen and oxygen atoms in total. The second-order valence-corrected chi connectivity index (χ2v) is 4.82. The number of aromatic nitrogens is 1. The number of pyridine rings is 1. The Bertz CT molecular complexity index is 349. The van der Waals surface area contributed by atoms with Gasteiger partial charge in [0.15, 0.2) is 0 Å². The molecule has 19 heavy (non-hydrogen) atoms. The van der Waals surface area contributed by atoms with E-state index in [4.69, 9.17) is 4.74 Å². The molecule has 0 atom stereocenters. The molecule has 1 fully saturated rings. The number of hydrogen-bond donors (Lipinski definition) is 2. The van der Waals surface area contributed by atoms with E-state index >= 15 is 0 Å². The van der Waals surface area contributed by atoms with Gasteiger partial charge in [-0.2, -0.15) is 0 Å². The molecule has 0 unspecified atom stereocenters. The van der Waals surface area contributed by atoms with E-state index in [1.54, 1.807) is 0 Å². The highest BCUT2D eigenvalue weighted by atomic mass is 16.5. The SMILES string of the molecule is CNCc1ccc(NCCCN2CCOCC2)nc1. The highest BCUT2D eigenvalue weighted by Gasteiger charge is 2.08. The Balaban J connectivity index is 1.62. The van der Waals surface area contributed by atoms with Crippen molar-refractivity contribution in [2.75, 3.05) is 51.8 Å². The summed E-state index contributed by atoms with van der Waals surface area (Å²) in [5.41, 5.74) is 1.21. The third-order valence-electron chi connectivity index (χ3n) is 3.27. The summed E-state index contributed by atoms with van der Waals surface area (Å²) in [6.07, 6.45) is 3.06. The highest BCUT2D eigenvalue weighted by Crippen LogP contribution is 2.05. The molecule has 1 aromatic heterocycles. The monoisotopic (exact) mass is 264 g/mol. The molecule has 1 aliphatic rings. The number of nitrogens with zero attached hydrogens (tertiary/aromatic N) is 2. The average molecular weight is 264 g/mol. The van der Waals surface area contributed by atoms with E-state index in [2.05, 4.69) is 26.6 Å². The largest absolute Gasteiger partial charge is 0.379 e. The van der Waals surface area contributed by atoms with Gasteiger partial charge in [-0.25, -0.2) is 4.98 Å². The predicted octanol–water partition coefficient (Wildman–Crippen LogP) is 0.935. The van der Waals surface area contributed by atoms with Gasteiger partial charge in [-0.05, 0) is 31.6 Å². The lowest BCUT2D eigenvalue weighted by Gasteiger charge is -2.26. The van der Waals surface area contributed by atoms with Gasteiger partial charge in [0, 0.05) is 32.4 Å². The van der Waals surface area contributed by atoms with Crippen LogP contribution in [0.5, 0.6) is 0 Å². The second kappa shape index (κ2) is 8.09. The molecule has 0 aliphatic carbocycles. The lowest BCUT2D eigenvalue weighted by molar-refractivity contribution is 0.0378. The van der Waals surface area contributed by atoms with Gasteiger partial charge in [-0.15, -0.1) is 0 Å². The van der Waals surface area contributed by atoms with Crippen LogP contribution in [-0.4, -0.2) is 56.3 Å². The maximum atomic E-state index is 5.33. The molecule has 0 bridgehead atoms. The molecule has 5 heteroatoms. The Morgan fingerprint density at radius 2 is 2.16 bits per heavy atom. The average Bonchev–Trinajstić information content (AvgIpc) is 2.47. The van der Waals surface area contributed by atoms with Crippen LogP contribution in [0.1, 0.15) is 12.0 Å². The third kappa shape index (κ3) is 5.14. The Hall–Kier alpha value is -1.17. The van der Waals surface area contributed by atoms with Crippen molar-refractivity contribution >= 4 is 5.82 Å². The van der Waals surface area contributed by atoms with Crippen LogP contribution < -0.4 is 10.6 Å². The fraction of sp³-hybridized carbons (Fsp3) is 0.643. The van der Waals surface area contributed by atoms with Crippen molar-refractivity contribution in [1.29, 1.82) is 0 Å². The van der Waals surface area contributed by atoms with Gasteiger partial charge in [0.1, 0.15) is 5.82 Å². The molecule has 106 valence electrons. The lowest BCUT2D eigenvalue weighted by Crippen LogP contribution is -2.37. The number of rotatable bonds is 7. The topological polar surface area (TPSA) is 49.4 Å². The van der Waals surface area contributed by atoms with Crippen molar-refractivity contribution < 1.29 is 4.74 Å². The van der Waals surface area contributed by atoms with Gasteiger partial charge in [-0.3, -0.25) is 4.90 Å². The van der Waals surface area contributed by atoms with E-state index in [9.17, 15) is 0 Å². The Labute approximate surface area is 115 Å². The van der Waals surface area contributed by atoms with Gasteiger partial charge in [0.2, 0.25) is 0 Å². The minimum atomic E-state index is 0.865. The Kier molecular flexibility index (Phi) is 6.07. The van der Waals surface area contributed by atoms with E-state index in [0.717, 1.165) is 58.2 Å². The summed E-state index contributed by atoms with van der Waals surface area (Å²) in [7, 11) is 1.94. The van der Waals surface area contributed by atoms with Crippen molar-refractivity contribution in [3.05, 3.63) is 23.9 Å². The molecule has 1 aromatic rings. The fourth-order valence-corrected chi connectivity index (χ4v) is 2.18. The molecule has 2 heterocycles. The first-order valence-corrected chi connectivity index (χ1v) is 7.02. The molecule has 1 aliphatic heterocycles. The fourth-order valence-electron chi connectivity index (χ4n) is 2.18. The van der Waals surface area contributed by atoms with E-state index in [1.807, 2.05) is 19.3 Å². The molecule has 2 rings (SSSR count). The Morgan fingerprint density at radius 3 is 2.84 bits per heavy atom. The maximum Gasteiger partial charge on any atom is 0.125 e. The summed E-state index contributed by atoms with van der Waals surface area (Å²) < 4.78 is 5.33. The van der Waals surface area contributed by atoms with Crippen LogP contribution in [0.4, 0.5) is 5.82 Å². The molecular weight excluding hydrogens is 240 g/mol. The zero-order valence-corrected chi connectivity index (χ0v) is 11.7. The first kappa shape index (κ1) is 14.2. The summed E-state index contributed by atoms with van der Waals surface area (Å²) in [6, 6.07) is 4.15. The van der Waals surface area contributed by atoms with E-state index in [-0.39, 0.29) is 0 Å². The summed E-state index contributed by atoms with van der Waals surface area (Å²) in [5, 5.41) is 6.48. The first-order chi connectivity index (χ1) is 9.38. The molecule has 0 amide bonds. The Morgan fingerprint density at radius 1 is 1.32 bits per heavy atom. The van der Waals surface area contributed by atoms with Crippen LogP contribution in [0.3, 0.4) is 0 Å². The van der Waals surface area contributed by atoms with Crippen molar-refractivity contribution in [2.45, 2.75) is 13.0 Å². The van der Waals surface area contributed by atoms with Crippen LogP contribution >= 0.6 is 0 Å². The molecule has 0 saturated carbocycles. The van der Waals surface area contributed by atoms with E-state index < -0.39 is 0 Å². The van der Waals surface area contributed by atoms with Crippen LogP contribution in [0, 0.1) is 0 Å². The first-order valence-electron chi connectivity index (χ1n) is 7.02. The van der Waals surface area contributed by atoms with Crippen molar-refractivity contribution in [3.8, 4) is 0 Å². The van der Waals surface area contributed by atoms with Crippen LogP contribution in [-0.2, 0) is 11.3 Å². The zero-order chi connectivity index (χ0) is 13.3. The minimum absolute atomic E-state index is 0.865. The van der Waals surface area contributed by atoms with Gasteiger partial charge in [-0.1, -0.05) is 6.07 Å². The highest BCUT2D eigenvalue weighted by molar-refractivity contribution is 5.35. The number of hydrogen-bond acceptors (Lipinski definition) is 5. The number of ether oxygens (including phenoxy) is 1. The van der Waals surface area contributed by atoms with Crippen molar-refractivity contribution in [2.24, 2.45) is 0 Å². The maximum absolute atomic E-state index is 5.33. The van der Waals surface area contributed by atoms with Gasteiger partial charge >= 0.3 is 0 Å². The molecule has 1 saturated heterocycles. The number of anilines is 1. The van der Waals surface area contributed by atoms with Crippen LogP contribution in [0.25, 0.3) is 0 Å². The molecule has 2 N–H and O–H groups in total. The van der Waals surface area contributed by atoms with Gasteiger partial charge in [0.25, 0.3) is 0 Å². The van der Waals surface area contributed by atoms with Gasteiger partial charge < -0.3 is 15.4 Å². The smallest absolute Gasteiger partial charge is 0.125 e. The normalized spacial score (nSPS) is 16.5. The van der Waals surface area contributed by atoms with Crippen LogP contribution in [0.15, 0.2) is 18.3 Å². The summed E-state index contributed by atoms with van der Waals surface area (Å²) in [6.45, 7) is 6.85. The number of nitrogens with one attached hydrogen (secondary N) is 2. The predicted molar refractivity (Wildman–Crippen MR) is 77.4 cm³/mol. The molecular formula is C14H24N4O. The van der Waals surface area contributed by atoms with Crippen molar-refractivity contribution in [1.82, 2.24) is 15.2 Å². The second-order valence-electron chi connectivity index (χ2n) is 4.82. The van der Waals surface area contributed by atoms with Crippen molar-refractivity contribution in [3.63, 3.8) is 0 Å². The summed E-state index contributed by atoms with van der Waals surface area (Å²) >= 11 is 0. The van der Waals surface area contributed by atoms with E-state index in [0.29, 0.717) is 0 Å². The quantitative estimate of drug-likeness (QED) is 0.718. The molecule has 0 aromatic carbocycles.